The van der Waals surface area contributed by atoms with Gasteiger partial charge in [0.15, 0.2) is 0 Å². The topological polar surface area (TPSA) is 27.1 Å². The Morgan fingerprint density at radius 2 is 2.06 bits per heavy atom. The summed E-state index contributed by atoms with van der Waals surface area (Å²) in [5.41, 5.74) is 2.17. The summed E-state index contributed by atoms with van der Waals surface area (Å²) in [4.78, 5) is 0. The van der Waals surface area contributed by atoms with E-state index in [2.05, 4.69) is 25.0 Å². The van der Waals surface area contributed by atoms with Crippen LogP contribution in [0.15, 0.2) is 30.3 Å². The Hall–Kier alpha value is -1.48. The second-order valence-corrected chi connectivity index (χ2v) is 4.42. The molecule has 1 aromatic carbocycles. The minimum Gasteiger partial charge on any atom is -0.486 e. The number of benzene rings is 1. The average Bonchev–Trinajstić information content (AvgIpc) is 2.80. The summed E-state index contributed by atoms with van der Waals surface area (Å²) in [5, 5.41) is 5.12. The largest absolute Gasteiger partial charge is 0.486 e. The molecule has 1 heterocycles. The highest BCUT2D eigenvalue weighted by Gasteiger charge is 2.07. The van der Waals surface area contributed by atoms with Gasteiger partial charge in [-0.15, -0.1) is 0 Å². The highest BCUT2D eigenvalue weighted by atomic mass is 35.5. The number of halogens is 1. The molecule has 0 bridgehead atoms. The van der Waals surface area contributed by atoms with E-state index in [9.17, 15) is 0 Å². The zero-order valence-corrected chi connectivity index (χ0v) is 11.4. The SMILES string of the molecule is CCc1cc(COc2ccccc2Cl)n(CC)n1. The average molecular weight is 265 g/mol. The fourth-order valence-electron chi connectivity index (χ4n) is 1.79. The first-order chi connectivity index (χ1) is 8.74. The number of ether oxygens (including phenoxy) is 1. The highest BCUT2D eigenvalue weighted by molar-refractivity contribution is 6.32. The van der Waals surface area contributed by atoms with Gasteiger partial charge in [0.1, 0.15) is 12.4 Å². The molecule has 0 radical (unpaired) electrons. The Kier molecular flexibility index (Phi) is 4.26. The van der Waals surface area contributed by atoms with Crippen molar-refractivity contribution in [2.45, 2.75) is 33.4 Å². The van der Waals surface area contributed by atoms with E-state index in [4.69, 9.17) is 16.3 Å². The molecule has 96 valence electrons. The van der Waals surface area contributed by atoms with Crippen LogP contribution in [0.5, 0.6) is 5.75 Å². The zero-order chi connectivity index (χ0) is 13.0. The highest BCUT2D eigenvalue weighted by Crippen LogP contribution is 2.24. The molecule has 4 heteroatoms. The van der Waals surface area contributed by atoms with E-state index < -0.39 is 0 Å². The Morgan fingerprint density at radius 3 is 2.72 bits per heavy atom. The van der Waals surface area contributed by atoms with Gasteiger partial charge in [0.2, 0.25) is 0 Å². The Balaban J connectivity index is 2.10. The van der Waals surface area contributed by atoms with E-state index in [-0.39, 0.29) is 0 Å². The summed E-state index contributed by atoms with van der Waals surface area (Å²) in [5.74, 6) is 0.709. The summed E-state index contributed by atoms with van der Waals surface area (Å²) < 4.78 is 7.70. The van der Waals surface area contributed by atoms with Crippen molar-refractivity contribution in [2.75, 3.05) is 0 Å². The lowest BCUT2D eigenvalue weighted by atomic mass is 10.3. The smallest absolute Gasteiger partial charge is 0.138 e. The lowest BCUT2D eigenvalue weighted by Crippen LogP contribution is -2.06. The minimum absolute atomic E-state index is 0.491. The molecule has 0 spiro atoms. The Labute approximate surface area is 112 Å². The van der Waals surface area contributed by atoms with Gasteiger partial charge in [0.05, 0.1) is 16.4 Å². The molecular weight excluding hydrogens is 248 g/mol. The number of para-hydroxylation sites is 1. The first kappa shape index (κ1) is 13.0. The molecule has 0 unspecified atom stereocenters. The summed E-state index contributed by atoms with van der Waals surface area (Å²) in [7, 11) is 0. The molecule has 0 saturated carbocycles. The van der Waals surface area contributed by atoms with Crippen molar-refractivity contribution in [3.05, 3.63) is 46.7 Å². The quantitative estimate of drug-likeness (QED) is 0.823. The van der Waals surface area contributed by atoms with Gasteiger partial charge in [-0.2, -0.15) is 5.10 Å². The molecule has 0 aliphatic heterocycles. The van der Waals surface area contributed by atoms with Crippen LogP contribution in [-0.2, 0) is 19.6 Å². The number of aromatic nitrogens is 2. The van der Waals surface area contributed by atoms with E-state index in [0.717, 1.165) is 24.4 Å². The molecule has 0 fully saturated rings. The fourth-order valence-corrected chi connectivity index (χ4v) is 1.98. The molecule has 2 rings (SSSR count). The van der Waals surface area contributed by atoms with Gasteiger partial charge in [-0.25, -0.2) is 0 Å². The predicted octanol–water partition coefficient (Wildman–Crippen LogP) is 3.70. The van der Waals surface area contributed by atoms with E-state index in [1.165, 1.54) is 0 Å². The molecule has 0 aliphatic carbocycles. The van der Waals surface area contributed by atoms with Crippen molar-refractivity contribution in [3.63, 3.8) is 0 Å². The third-order valence-corrected chi connectivity index (χ3v) is 3.10. The molecule has 3 nitrogen and oxygen atoms in total. The number of hydrogen-bond acceptors (Lipinski definition) is 2. The number of hydrogen-bond donors (Lipinski definition) is 0. The summed E-state index contributed by atoms with van der Waals surface area (Å²) in [6.45, 7) is 5.51. The predicted molar refractivity (Wildman–Crippen MR) is 73.1 cm³/mol. The van der Waals surface area contributed by atoms with Crippen molar-refractivity contribution in [1.29, 1.82) is 0 Å². The monoisotopic (exact) mass is 264 g/mol. The van der Waals surface area contributed by atoms with Crippen molar-refractivity contribution < 1.29 is 4.74 Å². The fraction of sp³-hybridized carbons (Fsp3) is 0.357. The van der Waals surface area contributed by atoms with Gasteiger partial charge in [-0.1, -0.05) is 30.7 Å². The molecule has 2 aromatic rings. The normalized spacial score (nSPS) is 10.6. The second-order valence-electron chi connectivity index (χ2n) is 4.02. The van der Waals surface area contributed by atoms with Gasteiger partial charge in [0, 0.05) is 6.54 Å². The van der Waals surface area contributed by atoms with Gasteiger partial charge in [-0.05, 0) is 31.5 Å². The van der Waals surface area contributed by atoms with E-state index in [0.29, 0.717) is 17.4 Å². The molecular formula is C14H17ClN2O. The first-order valence-corrected chi connectivity index (χ1v) is 6.55. The standard InChI is InChI=1S/C14H17ClN2O/c1-3-11-9-12(17(4-2)16-11)10-18-14-8-6-5-7-13(14)15/h5-9H,3-4,10H2,1-2H3. The van der Waals surface area contributed by atoms with Crippen LogP contribution in [0.1, 0.15) is 25.2 Å². The van der Waals surface area contributed by atoms with Crippen molar-refractivity contribution in [3.8, 4) is 5.75 Å². The summed E-state index contributed by atoms with van der Waals surface area (Å²) >= 11 is 6.05. The van der Waals surface area contributed by atoms with Crippen molar-refractivity contribution in [2.24, 2.45) is 0 Å². The van der Waals surface area contributed by atoms with E-state index in [1.54, 1.807) is 0 Å². The van der Waals surface area contributed by atoms with Crippen LogP contribution in [0.3, 0.4) is 0 Å². The van der Waals surface area contributed by atoms with E-state index in [1.807, 2.05) is 28.9 Å². The van der Waals surface area contributed by atoms with Crippen LogP contribution < -0.4 is 4.74 Å². The summed E-state index contributed by atoms with van der Waals surface area (Å²) in [6, 6.07) is 9.58. The second kappa shape index (κ2) is 5.91. The molecule has 18 heavy (non-hydrogen) atoms. The molecule has 0 N–H and O–H groups in total. The maximum Gasteiger partial charge on any atom is 0.138 e. The van der Waals surface area contributed by atoms with Crippen LogP contribution in [0.2, 0.25) is 5.02 Å². The van der Waals surface area contributed by atoms with Gasteiger partial charge >= 0.3 is 0 Å². The maximum absolute atomic E-state index is 6.05. The van der Waals surface area contributed by atoms with Crippen LogP contribution in [-0.4, -0.2) is 9.78 Å². The van der Waals surface area contributed by atoms with Crippen LogP contribution >= 0.6 is 11.6 Å². The van der Waals surface area contributed by atoms with Crippen LogP contribution in [0.4, 0.5) is 0 Å². The lowest BCUT2D eigenvalue weighted by Gasteiger charge is -2.08. The maximum atomic E-state index is 6.05. The molecule has 0 saturated heterocycles. The number of nitrogens with zero attached hydrogens (tertiary/aromatic N) is 2. The third kappa shape index (κ3) is 2.85. The minimum atomic E-state index is 0.491. The van der Waals surface area contributed by atoms with Crippen LogP contribution in [0, 0.1) is 0 Å². The Bertz CT molecular complexity index is 522. The van der Waals surface area contributed by atoms with Crippen molar-refractivity contribution in [1.82, 2.24) is 9.78 Å². The molecule has 0 aliphatic rings. The number of rotatable bonds is 5. The Morgan fingerprint density at radius 1 is 1.28 bits per heavy atom. The summed E-state index contributed by atoms with van der Waals surface area (Å²) in [6.07, 6.45) is 0.937. The van der Waals surface area contributed by atoms with Crippen molar-refractivity contribution >= 4 is 11.6 Å². The lowest BCUT2D eigenvalue weighted by molar-refractivity contribution is 0.292. The van der Waals surface area contributed by atoms with Gasteiger partial charge in [0.25, 0.3) is 0 Å². The molecule has 1 aromatic heterocycles. The first-order valence-electron chi connectivity index (χ1n) is 6.17. The van der Waals surface area contributed by atoms with E-state index >= 15 is 0 Å². The van der Waals surface area contributed by atoms with Gasteiger partial charge < -0.3 is 4.74 Å². The van der Waals surface area contributed by atoms with Crippen LogP contribution in [0.25, 0.3) is 0 Å². The zero-order valence-electron chi connectivity index (χ0n) is 10.7. The van der Waals surface area contributed by atoms with Gasteiger partial charge in [-0.3, -0.25) is 4.68 Å². The number of aryl methyl sites for hydroxylation is 2. The molecule has 0 atom stereocenters. The third-order valence-electron chi connectivity index (χ3n) is 2.79. The molecule has 0 amide bonds.